The second-order valence-corrected chi connectivity index (χ2v) is 4.47. The molecule has 1 rings (SSSR count). The van der Waals surface area contributed by atoms with Gasteiger partial charge in [0.05, 0.1) is 4.90 Å². The molecule has 0 fully saturated rings. The summed E-state index contributed by atoms with van der Waals surface area (Å²) in [7, 11) is -4.21. The highest BCUT2D eigenvalue weighted by atomic mass is 32.2. The highest BCUT2D eigenvalue weighted by Crippen LogP contribution is 2.09. The minimum atomic E-state index is -4.21. The zero-order chi connectivity index (χ0) is 12.2. The van der Waals surface area contributed by atoms with Crippen LogP contribution in [0.15, 0.2) is 29.2 Å². The molecule has 0 aliphatic carbocycles. The fourth-order valence-corrected chi connectivity index (χ4v) is 1.55. The summed E-state index contributed by atoms with van der Waals surface area (Å²) in [4.78, 5) is 11.1. The van der Waals surface area contributed by atoms with Crippen molar-refractivity contribution in [1.82, 2.24) is 5.32 Å². The Kier molecular flexibility index (Phi) is 3.99. The zero-order valence-electron chi connectivity index (χ0n) is 8.38. The van der Waals surface area contributed by atoms with Gasteiger partial charge in [0.25, 0.3) is 16.0 Å². The van der Waals surface area contributed by atoms with E-state index in [-0.39, 0.29) is 10.8 Å². The first-order valence-corrected chi connectivity index (χ1v) is 5.95. The first kappa shape index (κ1) is 12.6. The zero-order valence-corrected chi connectivity index (χ0v) is 9.20. The van der Waals surface area contributed by atoms with Gasteiger partial charge in [-0.25, -0.2) is 0 Å². The fourth-order valence-electron chi connectivity index (χ4n) is 1.07. The fraction of sp³-hybridized carbons (Fsp3) is 0.222. The Hall–Kier alpha value is -1.44. The molecule has 0 aromatic heterocycles. The molecule has 88 valence electrons. The molecule has 0 atom stereocenters. The molecule has 0 aliphatic heterocycles. The van der Waals surface area contributed by atoms with E-state index < -0.39 is 10.1 Å². The third kappa shape index (κ3) is 3.30. The second-order valence-electron chi connectivity index (χ2n) is 3.04. The van der Waals surface area contributed by atoms with E-state index in [1.54, 1.807) is 0 Å². The van der Waals surface area contributed by atoms with Gasteiger partial charge in [-0.1, -0.05) is 0 Å². The van der Waals surface area contributed by atoms with Gasteiger partial charge in [-0.05, 0) is 24.3 Å². The average Bonchev–Trinajstić information content (AvgIpc) is 2.25. The van der Waals surface area contributed by atoms with Crippen molar-refractivity contribution in [2.45, 2.75) is 4.90 Å². The van der Waals surface area contributed by atoms with Gasteiger partial charge in [-0.15, -0.1) is 0 Å². The first-order valence-electron chi connectivity index (χ1n) is 4.51. The van der Waals surface area contributed by atoms with Crippen LogP contribution in [0.4, 0.5) is 0 Å². The summed E-state index contributed by atoms with van der Waals surface area (Å²) < 4.78 is 30.2. The Morgan fingerprint density at radius 2 is 1.88 bits per heavy atom. The molecule has 0 radical (unpaired) electrons. The lowest BCUT2D eigenvalue weighted by Gasteiger charge is -2.03. The Morgan fingerprint density at radius 3 is 2.31 bits per heavy atom. The van der Waals surface area contributed by atoms with Crippen molar-refractivity contribution in [1.29, 1.82) is 0 Å². The Balaban J connectivity index is 2.83. The molecule has 0 aliphatic rings. The van der Waals surface area contributed by atoms with E-state index in [0.29, 0.717) is 18.7 Å². The van der Waals surface area contributed by atoms with Gasteiger partial charge in [0.15, 0.2) is 0 Å². The molecule has 0 heterocycles. The largest absolute Gasteiger partial charge is 0.351 e. The molecule has 0 bridgehead atoms. The molecule has 1 aromatic carbocycles. The number of carbonyl (C=O) groups is 1. The van der Waals surface area contributed by atoms with Crippen LogP contribution in [0.3, 0.4) is 0 Å². The molecular formula is C9H12N2O4S. The van der Waals surface area contributed by atoms with E-state index in [4.69, 9.17) is 10.3 Å². The lowest BCUT2D eigenvalue weighted by Crippen LogP contribution is -2.28. The summed E-state index contributed by atoms with van der Waals surface area (Å²) in [5.74, 6) is -0.340. The van der Waals surface area contributed by atoms with Crippen LogP contribution in [0, 0.1) is 0 Å². The minimum Gasteiger partial charge on any atom is -0.351 e. The van der Waals surface area contributed by atoms with Gasteiger partial charge < -0.3 is 11.1 Å². The Labute approximate surface area is 93.2 Å². The monoisotopic (exact) mass is 244 g/mol. The van der Waals surface area contributed by atoms with Crippen molar-refractivity contribution >= 4 is 16.0 Å². The smallest absolute Gasteiger partial charge is 0.294 e. The van der Waals surface area contributed by atoms with E-state index >= 15 is 0 Å². The van der Waals surface area contributed by atoms with Gasteiger partial charge in [-0.3, -0.25) is 9.35 Å². The van der Waals surface area contributed by atoms with E-state index in [2.05, 4.69) is 5.32 Å². The topological polar surface area (TPSA) is 109 Å². The average molecular weight is 244 g/mol. The molecule has 1 amide bonds. The summed E-state index contributed by atoms with van der Waals surface area (Å²) in [5, 5.41) is 2.53. The van der Waals surface area contributed by atoms with Crippen LogP contribution in [0.2, 0.25) is 0 Å². The van der Waals surface area contributed by atoms with Crippen LogP contribution >= 0.6 is 0 Å². The van der Waals surface area contributed by atoms with Crippen molar-refractivity contribution in [3.05, 3.63) is 29.8 Å². The predicted octanol–water partition coefficient (Wildman–Crippen LogP) is -0.378. The maximum atomic E-state index is 11.4. The lowest BCUT2D eigenvalue weighted by atomic mass is 10.2. The minimum absolute atomic E-state index is 0.247. The number of nitrogens with two attached hydrogens (primary N) is 1. The van der Waals surface area contributed by atoms with Crippen LogP contribution in [0.1, 0.15) is 10.4 Å². The van der Waals surface area contributed by atoms with Gasteiger partial charge in [0, 0.05) is 18.7 Å². The molecule has 0 saturated heterocycles. The predicted molar refractivity (Wildman–Crippen MR) is 57.6 cm³/mol. The number of hydrogen-bond acceptors (Lipinski definition) is 4. The third-order valence-electron chi connectivity index (χ3n) is 1.84. The summed E-state index contributed by atoms with van der Waals surface area (Å²) in [5.41, 5.74) is 5.52. The quantitative estimate of drug-likeness (QED) is 0.625. The molecule has 6 nitrogen and oxygen atoms in total. The number of amides is 1. The number of nitrogens with one attached hydrogen (secondary N) is 1. The highest BCUT2D eigenvalue weighted by Gasteiger charge is 2.10. The number of benzene rings is 1. The van der Waals surface area contributed by atoms with E-state index in [0.717, 1.165) is 12.1 Å². The first-order chi connectivity index (χ1) is 7.45. The lowest BCUT2D eigenvalue weighted by molar-refractivity contribution is 0.0954. The van der Waals surface area contributed by atoms with Crippen molar-refractivity contribution in [3.63, 3.8) is 0 Å². The van der Waals surface area contributed by atoms with Crippen molar-refractivity contribution < 1.29 is 17.8 Å². The van der Waals surface area contributed by atoms with Crippen LogP contribution in [0.5, 0.6) is 0 Å². The summed E-state index contributed by atoms with van der Waals surface area (Å²) in [6.07, 6.45) is 0. The maximum absolute atomic E-state index is 11.4. The van der Waals surface area contributed by atoms with E-state index in [1.165, 1.54) is 12.1 Å². The van der Waals surface area contributed by atoms with Gasteiger partial charge in [0.2, 0.25) is 0 Å². The molecule has 16 heavy (non-hydrogen) atoms. The normalized spacial score (nSPS) is 11.1. The molecule has 7 heteroatoms. The van der Waals surface area contributed by atoms with Crippen molar-refractivity contribution in [2.24, 2.45) is 5.73 Å². The van der Waals surface area contributed by atoms with Crippen LogP contribution in [-0.4, -0.2) is 32.0 Å². The molecule has 4 N–H and O–H groups in total. The molecule has 0 unspecified atom stereocenters. The van der Waals surface area contributed by atoms with Gasteiger partial charge in [-0.2, -0.15) is 8.42 Å². The van der Waals surface area contributed by atoms with Gasteiger partial charge in [0.1, 0.15) is 0 Å². The van der Waals surface area contributed by atoms with Gasteiger partial charge >= 0.3 is 0 Å². The summed E-state index contributed by atoms with van der Waals surface area (Å²) in [6.45, 7) is 0.674. The Morgan fingerprint density at radius 1 is 1.31 bits per heavy atom. The molecule has 0 spiro atoms. The number of rotatable bonds is 4. The molecule has 0 saturated carbocycles. The van der Waals surface area contributed by atoms with E-state index in [9.17, 15) is 13.2 Å². The summed E-state index contributed by atoms with van der Waals surface area (Å²) in [6, 6.07) is 4.95. The number of carbonyl (C=O) groups excluding carboxylic acids is 1. The second kappa shape index (κ2) is 5.06. The standard InChI is InChI=1S/C9H12N2O4S/c10-5-6-11-9(12)7-1-3-8(4-2-7)16(13,14)15/h1-4H,5-6,10H2,(H,11,12)(H,13,14,15). The summed E-state index contributed by atoms with van der Waals surface area (Å²) >= 11 is 0. The Bertz CT molecular complexity index is 467. The SMILES string of the molecule is NCCNC(=O)c1ccc(S(=O)(=O)O)cc1. The number of hydrogen-bond donors (Lipinski definition) is 3. The molecule has 1 aromatic rings. The van der Waals surface area contributed by atoms with Crippen molar-refractivity contribution in [2.75, 3.05) is 13.1 Å². The highest BCUT2D eigenvalue weighted by molar-refractivity contribution is 7.85. The van der Waals surface area contributed by atoms with Crippen LogP contribution in [0.25, 0.3) is 0 Å². The molecular weight excluding hydrogens is 232 g/mol. The van der Waals surface area contributed by atoms with E-state index in [1.807, 2.05) is 0 Å². The van der Waals surface area contributed by atoms with Crippen LogP contribution < -0.4 is 11.1 Å². The third-order valence-corrected chi connectivity index (χ3v) is 2.71. The van der Waals surface area contributed by atoms with Crippen LogP contribution in [-0.2, 0) is 10.1 Å². The maximum Gasteiger partial charge on any atom is 0.294 e. The van der Waals surface area contributed by atoms with Crippen molar-refractivity contribution in [3.8, 4) is 0 Å².